The summed E-state index contributed by atoms with van der Waals surface area (Å²) in [6.07, 6.45) is 3.29. The summed E-state index contributed by atoms with van der Waals surface area (Å²) in [6, 6.07) is 4.64. The maximum Gasteiger partial charge on any atom is 0.256 e. The normalized spacial score (nSPS) is 10.2. The molecule has 5 heteroatoms. The molecule has 17 heavy (non-hydrogen) atoms. The molecular formula is C12H13N3O2. The third kappa shape index (κ3) is 2.44. The summed E-state index contributed by atoms with van der Waals surface area (Å²) in [5, 5.41) is 16.0. The van der Waals surface area contributed by atoms with Gasteiger partial charge in [0.05, 0.1) is 11.9 Å². The molecule has 0 spiro atoms. The zero-order valence-corrected chi connectivity index (χ0v) is 9.64. The Kier molecular flexibility index (Phi) is 2.82. The van der Waals surface area contributed by atoms with Crippen LogP contribution in [0.5, 0.6) is 5.75 Å². The Labute approximate surface area is 98.7 Å². The second-order valence-corrected chi connectivity index (χ2v) is 3.86. The highest BCUT2D eigenvalue weighted by molar-refractivity contribution is 6.05. The smallest absolute Gasteiger partial charge is 0.256 e. The number of phenols is 1. The first-order valence-electron chi connectivity index (χ1n) is 5.16. The number of hydrogen-bond acceptors (Lipinski definition) is 3. The molecule has 2 aromatic rings. The molecule has 0 saturated carbocycles. The Morgan fingerprint density at radius 2 is 2.24 bits per heavy atom. The van der Waals surface area contributed by atoms with E-state index in [-0.39, 0.29) is 11.7 Å². The van der Waals surface area contributed by atoms with Gasteiger partial charge in [0.2, 0.25) is 0 Å². The van der Waals surface area contributed by atoms with Gasteiger partial charge in [0.1, 0.15) is 5.75 Å². The van der Waals surface area contributed by atoms with Gasteiger partial charge in [-0.15, -0.1) is 0 Å². The molecule has 0 fully saturated rings. The van der Waals surface area contributed by atoms with Crippen molar-refractivity contribution >= 4 is 11.6 Å². The van der Waals surface area contributed by atoms with Gasteiger partial charge in [-0.1, -0.05) is 0 Å². The van der Waals surface area contributed by atoms with Crippen molar-refractivity contribution < 1.29 is 9.90 Å². The summed E-state index contributed by atoms with van der Waals surface area (Å²) in [5.41, 5.74) is 1.91. The molecule has 1 amide bonds. The Bertz CT molecular complexity index is 561. The topological polar surface area (TPSA) is 67.2 Å². The fourth-order valence-electron chi connectivity index (χ4n) is 1.59. The van der Waals surface area contributed by atoms with Crippen LogP contribution < -0.4 is 5.32 Å². The van der Waals surface area contributed by atoms with Gasteiger partial charge in [0.25, 0.3) is 5.91 Å². The Morgan fingerprint density at radius 1 is 1.47 bits per heavy atom. The standard InChI is InChI=1S/C12H13N3O2/c1-8-5-10(16)3-4-11(8)12(17)14-9-6-13-15(2)7-9/h3-7,16H,1-2H3,(H,14,17). The molecule has 2 rings (SSSR count). The van der Waals surface area contributed by atoms with Crippen LogP contribution in [0.25, 0.3) is 0 Å². The molecule has 0 aliphatic carbocycles. The van der Waals surface area contributed by atoms with Crippen LogP contribution in [-0.2, 0) is 7.05 Å². The van der Waals surface area contributed by atoms with Crippen LogP contribution in [-0.4, -0.2) is 20.8 Å². The SMILES string of the molecule is Cc1cc(O)ccc1C(=O)Nc1cnn(C)c1. The van der Waals surface area contributed by atoms with Gasteiger partial charge in [0, 0.05) is 18.8 Å². The molecule has 5 nitrogen and oxygen atoms in total. The van der Waals surface area contributed by atoms with Crippen LogP contribution in [0.1, 0.15) is 15.9 Å². The molecule has 88 valence electrons. The van der Waals surface area contributed by atoms with Gasteiger partial charge >= 0.3 is 0 Å². The molecule has 0 atom stereocenters. The number of phenolic OH excluding ortho intramolecular Hbond substituents is 1. The highest BCUT2D eigenvalue weighted by atomic mass is 16.3. The van der Waals surface area contributed by atoms with Crippen molar-refractivity contribution in [1.82, 2.24) is 9.78 Å². The summed E-state index contributed by atoms with van der Waals surface area (Å²) in [7, 11) is 1.78. The quantitative estimate of drug-likeness (QED) is 0.826. The van der Waals surface area contributed by atoms with Crippen molar-refractivity contribution in [3.63, 3.8) is 0 Å². The number of aryl methyl sites for hydroxylation is 2. The number of carbonyl (C=O) groups is 1. The number of nitrogens with one attached hydrogen (secondary N) is 1. The number of amides is 1. The molecule has 0 unspecified atom stereocenters. The number of aromatic hydroxyl groups is 1. The van der Waals surface area contributed by atoms with Crippen LogP contribution in [0.3, 0.4) is 0 Å². The molecule has 0 saturated heterocycles. The zero-order chi connectivity index (χ0) is 12.4. The van der Waals surface area contributed by atoms with E-state index in [0.29, 0.717) is 11.3 Å². The van der Waals surface area contributed by atoms with E-state index in [9.17, 15) is 9.90 Å². The first-order chi connectivity index (χ1) is 8.06. The highest BCUT2D eigenvalue weighted by Gasteiger charge is 2.10. The van der Waals surface area contributed by atoms with E-state index < -0.39 is 0 Å². The van der Waals surface area contributed by atoms with Gasteiger partial charge in [-0.3, -0.25) is 9.48 Å². The number of carbonyl (C=O) groups excluding carboxylic acids is 1. The van der Waals surface area contributed by atoms with Gasteiger partial charge in [-0.05, 0) is 30.7 Å². The van der Waals surface area contributed by atoms with Gasteiger partial charge in [0.15, 0.2) is 0 Å². The predicted octanol–water partition coefficient (Wildman–Crippen LogP) is 1.69. The minimum Gasteiger partial charge on any atom is -0.508 e. The molecule has 0 aliphatic rings. The van der Waals surface area contributed by atoms with Crippen molar-refractivity contribution in [2.24, 2.45) is 7.05 Å². The minimum atomic E-state index is -0.212. The molecule has 1 aromatic carbocycles. The van der Waals surface area contributed by atoms with Crippen molar-refractivity contribution in [2.75, 3.05) is 5.32 Å². The lowest BCUT2D eigenvalue weighted by atomic mass is 10.1. The number of aromatic nitrogens is 2. The zero-order valence-electron chi connectivity index (χ0n) is 9.64. The third-order valence-electron chi connectivity index (χ3n) is 2.42. The van der Waals surface area contributed by atoms with Gasteiger partial charge in [-0.25, -0.2) is 0 Å². The molecule has 0 radical (unpaired) electrons. The van der Waals surface area contributed by atoms with Gasteiger partial charge in [-0.2, -0.15) is 5.10 Å². The van der Waals surface area contributed by atoms with E-state index in [0.717, 1.165) is 5.56 Å². The van der Waals surface area contributed by atoms with Crippen molar-refractivity contribution in [3.05, 3.63) is 41.7 Å². The summed E-state index contributed by atoms with van der Waals surface area (Å²) in [4.78, 5) is 11.9. The number of rotatable bonds is 2. The van der Waals surface area contributed by atoms with Crippen LogP contribution in [0.15, 0.2) is 30.6 Å². The molecule has 0 aliphatic heterocycles. The van der Waals surface area contributed by atoms with E-state index in [2.05, 4.69) is 10.4 Å². The Hall–Kier alpha value is -2.30. The molecular weight excluding hydrogens is 218 g/mol. The van der Waals surface area contributed by atoms with Crippen LogP contribution in [0.2, 0.25) is 0 Å². The van der Waals surface area contributed by atoms with E-state index in [4.69, 9.17) is 0 Å². The van der Waals surface area contributed by atoms with Crippen LogP contribution in [0, 0.1) is 6.92 Å². The monoisotopic (exact) mass is 231 g/mol. The number of benzene rings is 1. The third-order valence-corrected chi connectivity index (χ3v) is 2.42. The molecule has 0 bridgehead atoms. The van der Waals surface area contributed by atoms with E-state index in [1.165, 1.54) is 6.07 Å². The summed E-state index contributed by atoms with van der Waals surface area (Å²) in [5.74, 6) is -0.0593. The van der Waals surface area contributed by atoms with Gasteiger partial charge < -0.3 is 10.4 Å². The Morgan fingerprint density at radius 3 is 2.82 bits per heavy atom. The van der Waals surface area contributed by atoms with E-state index in [1.807, 2.05) is 0 Å². The molecule has 1 heterocycles. The lowest BCUT2D eigenvalue weighted by Crippen LogP contribution is -2.12. The maximum atomic E-state index is 11.9. The van der Waals surface area contributed by atoms with Crippen molar-refractivity contribution in [3.8, 4) is 5.75 Å². The summed E-state index contributed by atoms with van der Waals surface area (Å²) >= 11 is 0. The first kappa shape index (κ1) is 11.2. The second kappa shape index (κ2) is 4.29. The van der Waals surface area contributed by atoms with E-state index in [1.54, 1.807) is 43.2 Å². The van der Waals surface area contributed by atoms with E-state index >= 15 is 0 Å². The number of nitrogens with zero attached hydrogens (tertiary/aromatic N) is 2. The molecule has 1 aromatic heterocycles. The fraction of sp³-hybridized carbons (Fsp3) is 0.167. The van der Waals surface area contributed by atoms with Crippen molar-refractivity contribution in [2.45, 2.75) is 6.92 Å². The number of anilines is 1. The number of hydrogen-bond donors (Lipinski definition) is 2. The minimum absolute atomic E-state index is 0.153. The van der Waals surface area contributed by atoms with Crippen LogP contribution in [0.4, 0.5) is 5.69 Å². The summed E-state index contributed by atoms with van der Waals surface area (Å²) in [6.45, 7) is 1.78. The highest BCUT2D eigenvalue weighted by Crippen LogP contribution is 2.17. The average Bonchev–Trinajstić information content (AvgIpc) is 2.63. The average molecular weight is 231 g/mol. The lowest BCUT2D eigenvalue weighted by Gasteiger charge is -2.06. The lowest BCUT2D eigenvalue weighted by molar-refractivity contribution is 0.102. The second-order valence-electron chi connectivity index (χ2n) is 3.86. The fourth-order valence-corrected chi connectivity index (χ4v) is 1.59. The predicted molar refractivity (Wildman–Crippen MR) is 64.0 cm³/mol. The van der Waals surface area contributed by atoms with Crippen LogP contribution >= 0.6 is 0 Å². The largest absolute Gasteiger partial charge is 0.508 e. The first-order valence-corrected chi connectivity index (χ1v) is 5.16. The van der Waals surface area contributed by atoms with Crippen molar-refractivity contribution in [1.29, 1.82) is 0 Å². The maximum absolute atomic E-state index is 11.9. The summed E-state index contributed by atoms with van der Waals surface area (Å²) < 4.78 is 1.61. The Balaban J connectivity index is 2.20. The molecule has 2 N–H and O–H groups in total.